The van der Waals surface area contributed by atoms with Gasteiger partial charge >= 0.3 is 6.18 Å². The van der Waals surface area contributed by atoms with Crippen molar-refractivity contribution in [2.75, 3.05) is 13.1 Å². The highest BCUT2D eigenvalue weighted by Gasteiger charge is 2.33. The molecular weight excluding hydrogens is 349 g/mol. The van der Waals surface area contributed by atoms with Crippen molar-refractivity contribution in [3.8, 4) is 0 Å². The van der Waals surface area contributed by atoms with E-state index in [9.17, 15) is 18.0 Å². The summed E-state index contributed by atoms with van der Waals surface area (Å²) in [5, 5.41) is 5.96. The van der Waals surface area contributed by atoms with Gasteiger partial charge in [0.15, 0.2) is 0 Å². The predicted octanol–water partition coefficient (Wildman–Crippen LogP) is 3.34. The number of nitrogens with one attached hydrogen (secondary N) is 2. The van der Waals surface area contributed by atoms with E-state index in [1.54, 1.807) is 0 Å². The van der Waals surface area contributed by atoms with E-state index >= 15 is 0 Å². The van der Waals surface area contributed by atoms with Crippen molar-refractivity contribution in [1.82, 2.24) is 10.6 Å². The lowest BCUT2D eigenvalue weighted by Crippen LogP contribution is -2.30. The summed E-state index contributed by atoms with van der Waals surface area (Å²) in [6, 6.07) is 3.88. The number of benzene rings is 1. The second-order valence-electron chi connectivity index (χ2n) is 5.03. The molecule has 0 aliphatic carbocycles. The highest BCUT2D eigenvalue weighted by Crippen LogP contribution is 2.35. The SMILES string of the molecule is O=C(NCC[C@H]1CCCN1)c1ccc(Br)c(C(F)(F)F)c1. The topological polar surface area (TPSA) is 41.1 Å². The Morgan fingerprint density at radius 1 is 1.43 bits per heavy atom. The van der Waals surface area contributed by atoms with E-state index in [0.717, 1.165) is 31.9 Å². The van der Waals surface area contributed by atoms with Gasteiger partial charge in [-0.05, 0) is 44.0 Å². The minimum absolute atomic E-state index is 0.0184. The molecule has 1 aliphatic heterocycles. The van der Waals surface area contributed by atoms with Crippen LogP contribution >= 0.6 is 15.9 Å². The van der Waals surface area contributed by atoms with Gasteiger partial charge in [0.25, 0.3) is 5.91 Å². The van der Waals surface area contributed by atoms with Crippen LogP contribution in [0.3, 0.4) is 0 Å². The Hall–Kier alpha value is -1.08. The summed E-state index contributed by atoms with van der Waals surface area (Å²) in [6.07, 6.45) is -1.50. The van der Waals surface area contributed by atoms with Gasteiger partial charge in [-0.25, -0.2) is 0 Å². The van der Waals surface area contributed by atoms with Crippen molar-refractivity contribution in [2.45, 2.75) is 31.5 Å². The first-order valence-electron chi connectivity index (χ1n) is 6.76. The van der Waals surface area contributed by atoms with E-state index in [1.165, 1.54) is 12.1 Å². The molecule has 0 spiro atoms. The van der Waals surface area contributed by atoms with Crippen molar-refractivity contribution < 1.29 is 18.0 Å². The second kappa shape index (κ2) is 6.79. The van der Waals surface area contributed by atoms with Gasteiger partial charge in [0, 0.05) is 22.6 Å². The Balaban J connectivity index is 1.95. The van der Waals surface area contributed by atoms with E-state index in [2.05, 4.69) is 26.6 Å². The molecule has 0 bridgehead atoms. The third-order valence-electron chi connectivity index (χ3n) is 3.47. The van der Waals surface area contributed by atoms with E-state index in [0.29, 0.717) is 12.6 Å². The van der Waals surface area contributed by atoms with Gasteiger partial charge in [-0.15, -0.1) is 0 Å². The van der Waals surface area contributed by atoms with Crippen LogP contribution < -0.4 is 10.6 Å². The average Bonchev–Trinajstić information content (AvgIpc) is 2.91. The Kier molecular flexibility index (Phi) is 5.27. The first-order chi connectivity index (χ1) is 9.88. The van der Waals surface area contributed by atoms with Crippen LogP contribution in [0.2, 0.25) is 0 Å². The molecule has 1 aromatic rings. The molecule has 0 radical (unpaired) electrons. The molecule has 1 amide bonds. The van der Waals surface area contributed by atoms with Crippen molar-refractivity contribution >= 4 is 21.8 Å². The molecule has 7 heteroatoms. The van der Waals surface area contributed by atoms with Crippen LogP contribution in [0.5, 0.6) is 0 Å². The van der Waals surface area contributed by atoms with Crippen molar-refractivity contribution in [1.29, 1.82) is 0 Å². The van der Waals surface area contributed by atoms with Crippen molar-refractivity contribution in [2.24, 2.45) is 0 Å². The third kappa shape index (κ3) is 4.44. The number of carbonyl (C=O) groups is 1. The van der Waals surface area contributed by atoms with Crippen LogP contribution in [0.4, 0.5) is 13.2 Å². The van der Waals surface area contributed by atoms with E-state index < -0.39 is 17.6 Å². The highest BCUT2D eigenvalue weighted by atomic mass is 79.9. The summed E-state index contributed by atoms with van der Waals surface area (Å²) in [5.41, 5.74) is -0.822. The number of alkyl halides is 3. The largest absolute Gasteiger partial charge is 0.417 e. The average molecular weight is 365 g/mol. The lowest BCUT2D eigenvalue weighted by atomic mass is 10.1. The first kappa shape index (κ1) is 16.3. The fourth-order valence-electron chi connectivity index (χ4n) is 2.35. The smallest absolute Gasteiger partial charge is 0.352 e. The zero-order valence-electron chi connectivity index (χ0n) is 11.3. The lowest BCUT2D eigenvalue weighted by Gasteiger charge is -2.13. The van der Waals surface area contributed by atoms with E-state index in [-0.39, 0.29) is 10.0 Å². The monoisotopic (exact) mass is 364 g/mol. The summed E-state index contributed by atoms with van der Waals surface area (Å²) < 4.78 is 38.3. The second-order valence-corrected chi connectivity index (χ2v) is 5.88. The van der Waals surface area contributed by atoms with Gasteiger partial charge in [0.05, 0.1) is 5.56 Å². The number of halogens is 4. The van der Waals surface area contributed by atoms with Crippen LogP contribution in [-0.4, -0.2) is 25.0 Å². The Bertz CT molecular complexity index is 513. The van der Waals surface area contributed by atoms with Crippen LogP contribution in [-0.2, 0) is 6.18 Å². The van der Waals surface area contributed by atoms with Gasteiger partial charge < -0.3 is 10.6 Å². The molecule has 21 heavy (non-hydrogen) atoms. The van der Waals surface area contributed by atoms with Gasteiger partial charge in [0.1, 0.15) is 0 Å². The molecule has 1 heterocycles. The van der Waals surface area contributed by atoms with Gasteiger partial charge in [-0.1, -0.05) is 15.9 Å². The first-order valence-corrected chi connectivity index (χ1v) is 7.55. The molecule has 1 aliphatic rings. The minimum Gasteiger partial charge on any atom is -0.352 e. The fraction of sp³-hybridized carbons (Fsp3) is 0.500. The molecular formula is C14H16BrF3N2O. The Morgan fingerprint density at radius 2 is 2.19 bits per heavy atom. The highest BCUT2D eigenvalue weighted by molar-refractivity contribution is 9.10. The number of amides is 1. The number of hydrogen-bond donors (Lipinski definition) is 2. The summed E-state index contributed by atoms with van der Waals surface area (Å²) in [5.74, 6) is -0.481. The molecule has 0 aromatic heterocycles. The quantitative estimate of drug-likeness (QED) is 0.860. The maximum absolute atomic E-state index is 12.8. The van der Waals surface area contributed by atoms with Gasteiger partial charge in [-0.2, -0.15) is 13.2 Å². The van der Waals surface area contributed by atoms with E-state index in [1.807, 2.05) is 0 Å². The molecule has 1 atom stereocenters. The van der Waals surface area contributed by atoms with Gasteiger partial charge in [-0.3, -0.25) is 4.79 Å². The predicted molar refractivity (Wildman–Crippen MR) is 77.1 cm³/mol. The normalized spacial score (nSPS) is 18.8. The molecule has 0 unspecified atom stereocenters. The van der Waals surface area contributed by atoms with Crippen LogP contribution in [0, 0.1) is 0 Å². The molecule has 0 saturated carbocycles. The summed E-state index contributed by atoms with van der Waals surface area (Å²) >= 11 is 2.85. The van der Waals surface area contributed by atoms with E-state index in [4.69, 9.17) is 0 Å². The maximum atomic E-state index is 12.8. The van der Waals surface area contributed by atoms with Crippen LogP contribution in [0.15, 0.2) is 22.7 Å². The van der Waals surface area contributed by atoms with Crippen LogP contribution in [0.25, 0.3) is 0 Å². The van der Waals surface area contributed by atoms with Crippen LogP contribution in [0.1, 0.15) is 35.2 Å². The van der Waals surface area contributed by atoms with Crippen molar-refractivity contribution in [3.05, 3.63) is 33.8 Å². The third-order valence-corrected chi connectivity index (χ3v) is 4.17. The maximum Gasteiger partial charge on any atom is 0.417 e. The van der Waals surface area contributed by atoms with Gasteiger partial charge in [0.2, 0.25) is 0 Å². The zero-order valence-corrected chi connectivity index (χ0v) is 12.9. The molecule has 1 saturated heterocycles. The fourth-order valence-corrected chi connectivity index (χ4v) is 2.82. The number of hydrogen-bond acceptors (Lipinski definition) is 2. The summed E-state index contributed by atoms with van der Waals surface area (Å²) in [7, 11) is 0. The standard InChI is InChI=1S/C14H16BrF3N2O/c15-12-4-3-9(8-11(12)14(16,17)18)13(21)20-7-5-10-2-1-6-19-10/h3-4,8,10,19H,1-2,5-7H2,(H,20,21)/t10-/m1/s1. The molecule has 2 N–H and O–H groups in total. The molecule has 3 nitrogen and oxygen atoms in total. The summed E-state index contributed by atoms with van der Waals surface area (Å²) in [6.45, 7) is 1.44. The number of rotatable bonds is 4. The van der Waals surface area contributed by atoms with Crippen molar-refractivity contribution in [3.63, 3.8) is 0 Å². The molecule has 2 rings (SSSR count). The Morgan fingerprint density at radius 3 is 2.81 bits per heavy atom. The molecule has 1 fully saturated rings. The molecule has 116 valence electrons. The minimum atomic E-state index is -4.48. The molecule has 1 aromatic carbocycles. The Labute approximate surface area is 129 Å². The zero-order chi connectivity index (χ0) is 15.5. The lowest BCUT2D eigenvalue weighted by molar-refractivity contribution is -0.138. The summed E-state index contributed by atoms with van der Waals surface area (Å²) in [4.78, 5) is 11.9. The number of carbonyl (C=O) groups excluding carboxylic acids is 1.